The molecule has 0 heterocycles. The first-order valence-corrected chi connectivity index (χ1v) is 4.77. The van der Waals surface area contributed by atoms with Gasteiger partial charge in [0.2, 0.25) is 0 Å². The molecule has 0 amide bonds. The number of benzene rings is 1. The second-order valence-corrected chi connectivity index (χ2v) is 3.40. The Kier molecular flexibility index (Phi) is 4.36. The van der Waals surface area contributed by atoms with Crippen molar-refractivity contribution >= 4 is 17.4 Å². The van der Waals surface area contributed by atoms with E-state index >= 15 is 0 Å². The quantitative estimate of drug-likeness (QED) is 0.622. The van der Waals surface area contributed by atoms with Gasteiger partial charge in [-0.15, -0.1) is 0 Å². The number of ether oxygens (including phenoxy) is 2. The molecule has 0 aromatic heterocycles. The second kappa shape index (κ2) is 5.37. The molecule has 94 valence electrons. The molecule has 0 spiro atoms. The lowest BCUT2D eigenvalue weighted by Crippen LogP contribution is -2.24. The highest BCUT2D eigenvalue weighted by Crippen LogP contribution is 2.32. The molecule has 0 N–H and O–H groups in total. The van der Waals surface area contributed by atoms with Crippen molar-refractivity contribution in [2.75, 3.05) is 13.9 Å². The number of methoxy groups -OCH3 is 1. The molecule has 7 heteroatoms. The Labute approximate surface area is 100 Å². The van der Waals surface area contributed by atoms with Gasteiger partial charge in [0.1, 0.15) is 5.75 Å². The predicted molar refractivity (Wildman–Crippen MR) is 54.3 cm³/mol. The summed E-state index contributed by atoms with van der Waals surface area (Å²) < 4.78 is 46.4. The molecular formula is C10H8ClF3O3. The largest absolute Gasteiger partial charge is 0.467 e. The second-order valence-electron chi connectivity index (χ2n) is 2.99. The highest BCUT2D eigenvalue weighted by Gasteiger charge is 2.42. The van der Waals surface area contributed by atoms with Crippen LogP contribution in [0.1, 0.15) is 10.4 Å². The molecule has 0 bridgehead atoms. The van der Waals surface area contributed by atoms with Gasteiger partial charge in [0.15, 0.2) is 6.79 Å². The Hall–Kier alpha value is -1.27. The van der Waals surface area contributed by atoms with Crippen LogP contribution in [0.15, 0.2) is 18.2 Å². The number of hydrogen-bond acceptors (Lipinski definition) is 3. The number of hydrogen-bond donors (Lipinski definition) is 0. The van der Waals surface area contributed by atoms with E-state index in [2.05, 4.69) is 4.74 Å². The Morgan fingerprint density at radius 3 is 2.59 bits per heavy atom. The minimum Gasteiger partial charge on any atom is -0.467 e. The van der Waals surface area contributed by atoms with Gasteiger partial charge < -0.3 is 9.47 Å². The Balaban J connectivity index is 3.16. The molecule has 0 fully saturated rings. The third kappa shape index (κ3) is 3.34. The van der Waals surface area contributed by atoms with E-state index in [9.17, 15) is 18.0 Å². The number of ketones is 1. The summed E-state index contributed by atoms with van der Waals surface area (Å²) in [5, 5.41) is -0.319. The van der Waals surface area contributed by atoms with Crippen molar-refractivity contribution in [1.82, 2.24) is 0 Å². The lowest BCUT2D eigenvalue weighted by atomic mass is 10.1. The molecule has 0 atom stereocenters. The minimum atomic E-state index is -5.00. The molecule has 0 aliphatic rings. The average Bonchev–Trinajstić information content (AvgIpc) is 2.24. The summed E-state index contributed by atoms with van der Waals surface area (Å²) in [6.07, 6.45) is -5.00. The predicted octanol–water partition coefficient (Wildman–Crippen LogP) is 3.07. The van der Waals surface area contributed by atoms with Crippen LogP contribution in [0.2, 0.25) is 5.02 Å². The van der Waals surface area contributed by atoms with Crippen molar-refractivity contribution in [2.45, 2.75) is 6.18 Å². The molecule has 0 saturated heterocycles. The van der Waals surface area contributed by atoms with Gasteiger partial charge in [-0.3, -0.25) is 4.79 Å². The van der Waals surface area contributed by atoms with Gasteiger partial charge in [-0.05, 0) is 12.1 Å². The molecule has 0 saturated carbocycles. The molecule has 0 unspecified atom stereocenters. The number of alkyl halides is 3. The third-order valence-corrected chi connectivity index (χ3v) is 2.11. The molecule has 1 aromatic carbocycles. The van der Waals surface area contributed by atoms with Crippen molar-refractivity contribution < 1.29 is 27.4 Å². The van der Waals surface area contributed by atoms with E-state index in [4.69, 9.17) is 16.3 Å². The number of halogens is 4. The minimum absolute atomic E-state index is 0.262. The van der Waals surface area contributed by atoms with Gasteiger partial charge in [0.25, 0.3) is 5.78 Å². The van der Waals surface area contributed by atoms with E-state index in [1.165, 1.54) is 25.3 Å². The molecular weight excluding hydrogens is 261 g/mol. The van der Waals surface area contributed by atoms with E-state index in [-0.39, 0.29) is 17.6 Å². The van der Waals surface area contributed by atoms with E-state index < -0.39 is 17.5 Å². The summed E-state index contributed by atoms with van der Waals surface area (Å²) in [4.78, 5) is 11.1. The number of rotatable bonds is 4. The summed E-state index contributed by atoms with van der Waals surface area (Å²) in [6.45, 7) is -0.279. The van der Waals surface area contributed by atoms with Gasteiger partial charge in [-0.25, -0.2) is 0 Å². The maximum Gasteiger partial charge on any atom is 0.455 e. The van der Waals surface area contributed by atoms with Crippen LogP contribution < -0.4 is 4.74 Å². The molecule has 1 aromatic rings. The van der Waals surface area contributed by atoms with Gasteiger partial charge >= 0.3 is 6.18 Å². The zero-order chi connectivity index (χ0) is 13.1. The van der Waals surface area contributed by atoms with Crippen molar-refractivity contribution in [3.05, 3.63) is 28.8 Å². The number of carbonyl (C=O) groups is 1. The summed E-state index contributed by atoms with van der Waals surface area (Å²) in [7, 11) is 1.30. The van der Waals surface area contributed by atoms with Gasteiger partial charge in [-0.1, -0.05) is 17.7 Å². The monoisotopic (exact) mass is 268 g/mol. The Morgan fingerprint density at radius 1 is 1.41 bits per heavy atom. The van der Waals surface area contributed by atoms with Gasteiger partial charge in [0, 0.05) is 7.11 Å². The van der Waals surface area contributed by atoms with E-state index in [0.29, 0.717) is 0 Å². The van der Waals surface area contributed by atoms with Crippen molar-refractivity contribution in [3.8, 4) is 5.75 Å². The van der Waals surface area contributed by atoms with Crippen LogP contribution in [0.4, 0.5) is 13.2 Å². The Bertz CT molecular complexity index is 418. The summed E-state index contributed by atoms with van der Waals surface area (Å²) in [5.74, 6) is -2.31. The topological polar surface area (TPSA) is 35.5 Å². The zero-order valence-corrected chi connectivity index (χ0v) is 9.43. The van der Waals surface area contributed by atoms with Gasteiger partial charge in [-0.2, -0.15) is 13.2 Å². The van der Waals surface area contributed by atoms with Gasteiger partial charge in [0.05, 0.1) is 10.6 Å². The maximum absolute atomic E-state index is 12.3. The summed E-state index contributed by atoms with van der Waals surface area (Å²) in [5.41, 5.74) is -0.710. The lowest BCUT2D eigenvalue weighted by Gasteiger charge is -2.12. The molecule has 0 aliphatic heterocycles. The van der Waals surface area contributed by atoms with Crippen LogP contribution in [-0.4, -0.2) is 25.9 Å². The Morgan fingerprint density at radius 2 is 2.06 bits per heavy atom. The smallest absolute Gasteiger partial charge is 0.455 e. The molecule has 0 radical (unpaired) electrons. The summed E-state index contributed by atoms with van der Waals surface area (Å²) >= 11 is 5.57. The van der Waals surface area contributed by atoms with E-state index in [1.807, 2.05) is 0 Å². The zero-order valence-electron chi connectivity index (χ0n) is 8.68. The van der Waals surface area contributed by atoms with Crippen LogP contribution in [0.3, 0.4) is 0 Å². The molecule has 3 nitrogen and oxygen atoms in total. The van der Waals surface area contributed by atoms with E-state index in [0.717, 1.165) is 0 Å². The lowest BCUT2D eigenvalue weighted by molar-refractivity contribution is -0.0887. The highest BCUT2D eigenvalue weighted by molar-refractivity contribution is 6.34. The van der Waals surface area contributed by atoms with Crippen molar-refractivity contribution in [3.63, 3.8) is 0 Å². The van der Waals surface area contributed by atoms with Crippen LogP contribution in [-0.2, 0) is 4.74 Å². The summed E-state index contributed by atoms with van der Waals surface area (Å²) in [6, 6.07) is 3.77. The fourth-order valence-corrected chi connectivity index (χ4v) is 1.36. The molecule has 0 aliphatic carbocycles. The van der Waals surface area contributed by atoms with Crippen LogP contribution >= 0.6 is 11.6 Å². The van der Waals surface area contributed by atoms with Crippen LogP contribution in [0.5, 0.6) is 5.75 Å². The number of carbonyl (C=O) groups excluding carboxylic acids is 1. The fourth-order valence-electron chi connectivity index (χ4n) is 1.11. The first kappa shape index (κ1) is 13.8. The van der Waals surface area contributed by atoms with Crippen molar-refractivity contribution in [2.24, 2.45) is 0 Å². The normalized spacial score (nSPS) is 11.4. The average molecular weight is 269 g/mol. The van der Waals surface area contributed by atoms with Crippen LogP contribution in [0.25, 0.3) is 0 Å². The molecule has 1 rings (SSSR count). The van der Waals surface area contributed by atoms with Crippen molar-refractivity contribution in [1.29, 1.82) is 0 Å². The maximum atomic E-state index is 12.3. The first-order chi connectivity index (χ1) is 7.88. The third-order valence-electron chi connectivity index (χ3n) is 1.79. The molecule has 17 heavy (non-hydrogen) atoms. The first-order valence-electron chi connectivity index (χ1n) is 4.39. The number of Topliss-reactive ketones (excluding diaryl/α,β-unsaturated/α-hetero) is 1. The highest BCUT2D eigenvalue weighted by atomic mass is 35.5. The van der Waals surface area contributed by atoms with E-state index in [1.54, 1.807) is 0 Å². The SMILES string of the molecule is COCOc1cccc(Cl)c1C(=O)C(F)(F)F. The standard InChI is InChI=1S/C10H8ClF3O3/c1-16-5-17-7-4-2-3-6(11)8(7)9(15)10(12,13)14/h2-4H,5H2,1H3. The van der Waals surface area contributed by atoms with Crippen LogP contribution in [0, 0.1) is 0 Å². The fraction of sp³-hybridized carbons (Fsp3) is 0.300.